The molecule has 2 N–H and O–H groups in total. The fourth-order valence-electron chi connectivity index (χ4n) is 4.85. The van der Waals surface area contributed by atoms with E-state index in [2.05, 4.69) is 41.0 Å². The van der Waals surface area contributed by atoms with Crippen molar-refractivity contribution in [3.8, 4) is 22.8 Å². The Morgan fingerprint density at radius 2 is 1.89 bits per heavy atom. The zero-order valence-corrected chi connectivity index (χ0v) is 21.9. The number of aromatic nitrogens is 2. The highest BCUT2D eigenvalue weighted by Gasteiger charge is 2.25. The number of phenols is 1. The molecule has 0 fully saturated rings. The Morgan fingerprint density at radius 1 is 1.08 bits per heavy atom. The normalized spacial score (nSPS) is 14.4. The molecule has 0 saturated heterocycles. The van der Waals surface area contributed by atoms with Crippen molar-refractivity contribution in [3.63, 3.8) is 0 Å². The quantitative estimate of drug-likeness (QED) is 0.276. The van der Waals surface area contributed by atoms with Crippen LogP contribution in [0.4, 0.5) is 14.6 Å². The second-order valence-corrected chi connectivity index (χ2v) is 9.57. The maximum absolute atomic E-state index is 12.8. The van der Waals surface area contributed by atoms with Gasteiger partial charge in [0.1, 0.15) is 17.2 Å². The van der Waals surface area contributed by atoms with Crippen molar-refractivity contribution in [1.82, 2.24) is 10.2 Å². The summed E-state index contributed by atoms with van der Waals surface area (Å²) in [6, 6.07) is 3.04. The van der Waals surface area contributed by atoms with Crippen LogP contribution in [-0.4, -0.2) is 34.6 Å². The van der Waals surface area contributed by atoms with Crippen LogP contribution >= 0.6 is 0 Å². The molecule has 0 amide bonds. The van der Waals surface area contributed by atoms with E-state index in [1.165, 1.54) is 37.8 Å². The van der Waals surface area contributed by atoms with Crippen LogP contribution in [0.5, 0.6) is 11.5 Å². The van der Waals surface area contributed by atoms with E-state index in [9.17, 15) is 13.9 Å². The molecule has 36 heavy (non-hydrogen) atoms. The van der Waals surface area contributed by atoms with Gasteiger partial charge in [-0.3, -0.25) is 0 Å². The van der Waals surface area contributed by atoms with E-state index in [0.29, 0.717) is 29.5 Å². The van der Waals surface area contributed by atoms with Crippen molar-refractivity contribution in [1.29, 1.82) is 0 Å². The number of alkyl halides is 2. The second kappa shape index (κ2) is 14.3. The van der Waals surface area contributed by atoms with E-state index in [4.69, 9.17) is 4.74 Å². The number of phenolic OH excluding ortho intramolecular Hbond substituents is 1. The number of rotatable bonds is 13. The third-order valence-corrected chi connectivity index (χ3v) is 6.81. The minimum atomic E-state index is -2.98. The van der Waals surface area contributed by atoms with Gasteiger partial charge >= 0.3 is 6.61 Å². The molecule has 0 aliphatic carbocycles. The van der Waals surface area contributed by atoms with Gasteiger partial charge in [-0.2, -0.15) is 8.78 Å². The summed E-state index contributed by atoms with van der Waals surface area (Å²) in [7, 11) is 0. The van der Waals surface area contributed by atoms with Crippen molar-refractivity contribution in [2.24, 2.45) is 0 Å². The van der Waals surface area contributed by atoms with Crippen molar-refractivity contribution < 1.29 is 23.4 Å². The highest BCUT2D eigenvalue weighted by molar-refractivity contribution is 5.76. The lowest BCUT2D eigenvalue weighted by atomic mass is 9.92. The molecule has 8 heteroatoms. The smallest absolute Gasteiger partial charge is 0.387 e. The number of nitrogens with one attached hydrogen (secondary N) is 1. The summed E-state index contributed by atoms with van der Waals surface area (Å²) in [4.78, 5) is 0. The first-order valence-corrected chi connectivity index (χ1v) is 13.5. The van der Waals surface area contributed by atoms with Gasteiger partial charge in [0.25, 0.3) is 0 Å². The summed E-state index contributed by atoms with van der Waals surface area (Å²) >= 11 is 0. The van der Waals surface area contributed by atoms with E-state index in [1.807, 2.05) is 0 Å². The van der Waals surface area contributed by atoms with E-state index in [0.717, 1.165) is 61.9 Å². The van der Waals surface area contributed by atoms with Gasteiger partial charge in [-0.15, -0.1) is 10.2 Å². The Bertz CT molecular complexity index is 972. The molecule has 3 rings (SSSR count). The van der Waals surface area contributed by atoms with Gasteiger partial charge in [0, 0.05) is 29.8 Å². The highest BCUT2D eigenvalue weighted by atomic mass is 19.3. The number of ether oxygens (including phenoxy) is 2. The topological polar surface area (TPSA) is 76.5 Å². The number of hydrogen-bond donors (Lipinski definition) is 2. The zero-order chi connectivity index (χ0) is 25.9. The Morgan fingerprint density at radius 3 is 2.61 bits per heavy atom. The van der Waals surface area contributed by atoms with Gasteiger partial charge in [-0.05, 0) is 55.7 Å². The van der Waals surface area contributed by atoms with Gasteiger partial charge in [-0.25, -0.2) is 0 Å². The predicted molar refractivity (Wildman–Crippen MR) is 139 cm³/mol. The van der Waals surface area contributed by atoms with E-state index in [-0.39, 0.29) is 18.1 Å². The second-order valence-electron chi connectivity index (χ2n) is 9.57. The van der Waals surface area contributed by atoms with Crippen molar-refractivity contribution in [3.05, 3.63) is 28.8 Å². The number of halogens is 2. The Labute approximate surface area is 213 Å². The van der Waals surface area contributed by atoms with Crippen LogP contribution < -0.4 is 10.1 Å². The monoisotopic (exact) mass is 505 g/mol. The molecule has 0 radical (unpaired) electrons. The van der Waals surface area contributed by atoms with Crippen LogP contribution in [0.2, 0.25) is 0 Å². The Hall–Kier alpha value is -2.48. The SMILES string of the molecule is CCCCCCC(CC)Nc1nnc2c(c1CCCC)CCCOCc1cc(OC(F)F)cc(O)c1-2. The Balaban J connectivity index is 2.04. The van der Waals surface area contributed by atoms with Crippen molar-refractivity contribution in [2.75, 3.05) is 11.9 Å². The number of nitrogens with zero attached hydrogens (tertiary/aromatic N) is 2. The fourth-order valence-corrected chi connectivity index (χ4v) is 4.85. The molecule has 1 aliphatic rings. The average Bonchev–Trinajstić information content (AvgIpc) is 2.93. The van der Waals surface area contributed by atoms with Gasteiger partial charge in [-0.1, -0.05) is 52.9 Å². The maximum atomic E-state index is 12.8. The van der Waals surface area contributed by atoms with Crippen LogP contribution in [0.3, 0.4) is 0 Å². The van der Waals surface area contributed by atoms with Crippen LogP contribution in [0, 0.1) is 0 Å². The van der Waals surface area contributed by atoms with Crippen LogP contribution in [0.1, 0.15) is 95.2 Å². The number of aromatic hydroxyl groups is 1. The predicted octanol–water partition coefficient (Wildman–Crippen LogP) is 7.42. The van der Waals surface area contributed by atoms with Gasteiger partial charge < -0.3 is 19.9 Å². The Kier molecular flexibility index (Phi) is 11.2. The summed E-state index contributed by atoms with van der Waals surface area (Å²) in [5, 5.41) is 23.8. The van der Waals surface area contributed by atoms with E-state index >= 15 is 0 Å². The lowest BCUT2D eigenvalue weighted by Crippen LogP contribution is -2.22. The first-order chi connectivity index (χ1) is 17.5. The largest absolute Gasteiger partial charge is 0.507 e. The summed E-state index contributed by atoms with van der Waals surface area (Å²) in [6.07, 6.45) is 11.4. The van der Waals surface area contributed by atoms with Gasteiger partial charge in [0.05, 0.1) is 6.61 Å². The molecule has 0 bridgehead atoms. The molecule has 1 aromatic heterocycles. The average molecular weight is 506 g/mol. The molecular formula is C28H41F2N3O3. The van der Waals surface area contributed by atoms with Crippen LogP contribution in [0.15, 0.2) is 12.1 Å². The third-order valence-electron chi connectivity index (χ3n) is 6.81. The first-order valence-electron chi connectivity index (χ1n) is 13.5. The number of hydrogen-bond acceptors (Lipinski definition) is 6. The number of unbranched alkanes of at least 4 members (excludes halogenated alkanes) is 4. The number of fused-ring (bicyclic) bond motifs is 3. The lowest BCUT2D eigenvalue weighted by Gasteiger charge is -2.23. The molecule has 1 atom stereocenters. The van der Waals surface area contributed by atoms with Gasteiger partial charge in [0.2, 0.25) is 0 Å². The summed E-state index contributed by atoms with van der Waals surface area (Å²) in [6.45, 7) is 4.29. The number of anilines is 1. The molecule has 2 heterocycles. The van der Waals surface area contributed by atoms with Crippen LogP contribution in [-0.2, 0) is 24.2 Å². The molecule has 1 aliphatic heterocycles. The van der Waals surface area contributed by atoms with Crippen LogP contribution in [0.25, 0.3) is 11.3 Å². The minimum absolute atomic E-state index is 0.100. The number of benzene rings is 1. The summed E-state index contributed by atoms with van der Waals surface area (Å²) in [5.41, 5.74) is 3.83. The molecule has 0 saturated carbocycles. The first kappa shape index (κ1) is 28.1. The molecule has 200 valence electrons. The van der Waals surface area contributed by atoms with Gasteiger partial charge in [0.15, 0.2) is 5.82 Å². The molecule has 2 aromatic rings. The lowest BCUT2D eigenvalue weighted by molar-refractivity contribution is -0.0500. The highest BCUT2D eigenvalue weighted by Crippen LogP contribution is 2.41. The fraction of sp³-hybridized carbons (Fsp3) is 0.643. The van der Waals surface area contributed by atoms with E-state index in [1.54, 1.807) is 0 Å². The minimum Gasteiger partial charge on any atom is -0.507 e. The standard InChI is InChI=1S/C28H41F2N3O3/c1-4-7-9-10-12-20(6-3)31-27-23(13-8-5-2)22-14-11-15-35-18-19-16-21(36-28(29)30)17-24(34)25(19)26(22)32-33-27/h16-17,20,28,34H,4-15,18H2,1-3H3,(H,31,33). The zero-order valence-electron chi connectivity index (χ0n) is 21.9. The third kappa shape index (κ3) is 7.51. The maximum Gasteiger partial charge on any atom is 0.387 e. The summed E-state index contributed by atoms with van der Waals surface area (Å²) in [5.74, 6) is 0.564. The van der Waals surface area contributed by atoms with E-state index < -0.39 is 6.61 Å². The molecule has 1 unspecified atom stereocenters. The molecule has 1 aromatic carbocycles. The summed E-state index contributed by atoms with van der Waals surface area (Å²) < 4.78 is 36.0. The van der Waals surface area contributed by atoms with Crippen molar-refractivity contribution >= 4 is 5.82 Å². The van der Waals surface area contributed by atoms with Crippen molar-refractivity contribution in [2.45, 2.75) is 111 Å². The molecular weight excluding hydrogens is 464 g/mol. The molecule has 6 nitrogen and oxygen atoms in total. The molecule has 0 spiro atoms.